The van der Waals surface area contributed by atoms with E-state index in [4.69, 9.17) is 0 Å². The lowest BCUT2D eigenvalue weighted by atomic mass is 9.93. The minimum atomic E-state index is -0.870. The smallest absolute Gasteiger partial charge is 0.223 e. The maximum atomic E-state index is 12.7. The predicted molar refractivity (Wildman–Crippen MR) is 95.0 cm³/mol. The fraction of sp³-hybridized carbons (Fsp3) is 0.368. The summed E-state index contributed by atoms with van der Waals surface area (Å²) < 4.78 is 0. The molecule has 5 nitrogen and oxygen atoms in total. The molecule has 6 heteroatoms. The van der Waals surface area contributed by atoms with Crippen LogP contribution >= 0.6 is 11.3 Å². The number of aryl methyl sites for hydroxylation is 1. The van der Waals surface area contributed by atoms with Crippen LogP contribution in [-0.4, -0.2) is 34.7 Å². The topological polar surface area (TPSA) is 74.1 Å². The molecule has 0 N–H and O–H groups in total. The third-order valence-electron chi connectivity index (χ3n) is 4.43. The van der Waals surface area contributed by atoms with Crippen molar-refractivity contribution in [3.8, 4) is 6.07 Å². The molecule has 2 unspecified atom stereocenters. The highest BCUT2D eigenvalue weighted by molar-refractivity contribution is 7.09. The summed E-state index contributed by atoms with van der Waals surface area (Å²) in [5, 5.41) is 11.8. The molecule has 1 aromatic carbocycles. The van der Waals surface area contributed by atoms with E-state index in [-0.39, 0.29) is 18.1 Å². The lowest BCUT2D eigenvalue weighted by Gasteiger charge is -2.17. The lowest BCUT2D eigenvalue weighted by Crippen LogP contribution is -2.29. The molecule has 1 aliphatic rings. The molecule has 0 spiro atoms. The predicted octanol–water partition coefficient (Wildman–Crippen LogP) is 2.72. The minimum absolute atomic E-state index is 0.0127. The van der Waals surface area contributed by atoms with Gasteiger partial charge in [-0.05, 0) is 18.9 Å². The largest absolute Gasteiger partial charge is 0.342 e. The Morgan fingerprint density at radius 2 is 2.20 bits per heavy atom. The van der Waals surface area contributed by atoms with Crippen molar-refractivity contribution in [1.82, 2.24) is 9.88 Å². The molecule has 25 heavy (non-hydrogen) atoms. The van der Waals surface area contributed by atoms with Crippen LogP contribution in [0.15, 0.2) is 35.7 Å². The number of rotatable bonds is 6. The van der Waals surface area contributed by atoms with Gasteiger partial charge >= 0.3 is 0 Å². The number of carbonyl (C=O) groups is 2. The molecule has 1 aliphatic heterocycles. The monoisotopic (exact) mass is 353 g/mol. The van der Waals surface area contributed by atoms with Gasteiger partial charge in [0.05, 0.1) is 6.07 Å². The summed E-state index contributed by atoms with van der Waals surface area (Å²) in [5.41, 5.74) is 1.97. The van der Waals surface area contributed by atoms with Gasteiger partial charge in [-0.2, -0.15) is 5.26 Å². The Bertz CT molecular complexity index is 810. The Kier molecular flexibility index (Phi) is 5.25. The molecular formula is C19H19N3O2S. The van der Waals surface area contributed by atoms with Crippen LogP contribution in [0.25, 0.3) is 0 Å². The summed E-state index contributed by atoms with van der Waals surface area (Å²) in [6, 6.07) is 12.0. The Morgan fingerprint density at radius 1 is 1.44 bits per heavy atom. The molecule has 1 amide bonds. The SMILES string of the molecule is Cc1csc(C(C#N)C(=O)C2CC(=O)N(CCc3ccccc3)C2)n1. The highest BCUT2D eigenvalue weighted by Gasteiger charge is 2.38. The van der Waals surface area contributed by atoms with E-state index in [1.165, 1.54) is 16.9 Å². The number of Topliss-reactive ketones (excluding diaryl/α,β-unsaturated/α-hetero) is 1. The molecule has 2 aromatic rings. The molecule has 1 aromatic heterocycles. The average Bonchev–Trinajstić information content (AvgIpc) is 3.20. The van der Waals surface area contributed by atoms with Crippen LogP contribution in [0, 0.1) is 24.2 Å². The van der Waals surface area contributed by atoms with Crippen LogP contribution < -0.4 is 0 Å². The number of amides is 1. The number of thiazole rings is 1. The first-order chi connectivity index (χ1) is 12.1. The summed E-state index contributed by atoms with van der Waals surface area (Å²) in [6.07, 6.45) is 0.955. The molecule has 0 radical (unpaired) electrons. The first-order valence-corrected chi connectivity index (χ1v) is 9.13. The van der Waals surface area contributed by atoms with Crippen LogP contribution in [0.3, 0.4) is 0 Å². The van der Waals surface area contributed by atoms with E-state index < -0.39 is 11.8 Å². The summed E-state index contributed by atoms with van der Waals surface area (Å²) in [4.78, 5) is 31.0. The van der Waals surface area contributed by atoms with Gasteiger partial charge in [-0.25, -0.2) is 4.98 Å². The van der Waals surface area contributed by atoms with Gasteiger partial charge in [0.25, 0.3) is 0 Å². The lowest BCUT2D eigenvalue weighted by molar-refractivity contribution is -0.128. The van der Waals surface area contributed by atoms with Crippen LogP contribution in [0.4, 0.5) is 0 Å². The molecule has 128 valence electrons. The quantitative estimate of drug-likeness (QED) is 0.800. The van der Waals surface area contributed by atoms with Crippen molar-refractivity contribution in [3.63, 3.8) is 0 Å². The Balaban J connectivity index is 1.63. The molecule has 3 rings (SSSR count). The highest BCUT2D eigenvalue weighted by Crippen LogP contribution is 2.28. The number of ketones is 1. The fourth-order valence-corrected chi connectivity index (χ4v) is 3.91. The zero-order valence-corrected chi connectivity index (χ0v) is 14.8. The third kappa shape index (κ3) is 3.94. The fourth-order valence-electron chi connectivity index (χ4n) is 3.07. The second-order valence-electron chi connectivity index (χ2n) is 6.27. The number of nitrogens with zero attached hydrogens (tertiary/aromatic N) is 3. The van der Waals surface area contributed by atoms with Crippen LogP contribution in [0.1, 0.15) is 28.6 Å². The molecule has 0 aliphatic carbocycles. The Hall–Kier alpha value is -2.52. The molecule has 2 heterocycles. The number of hydrogen-bond acceptors (Lipinski definition) is 5. The van der Waals surface area contributed by atoms with E-state index in [2.05, 4.69) is 11.1 Å². The summed E-state index contributed by atoms with van der Waals surface area (Å²) >= 11 is 1.33. The van der Waals surface area contributed by atoms with Gasteiger partial charge in [0.1, 0.15) is 5.01 Å². The van der Waals surface area contributed by atoms with Crippen molar-refractivity contribution >= 4 is 23.0 Å². The van der Waals surface area contributed by atoms with E-state index in [1.54, 1.807) is 4.90 Å². The van der Waals surface area contributed by atoms with Crippen molar-refractivity contribution < 1.29 is 9.59 Å². The maximum absolute atomic E-state index is 12.7. The molecule has 1 fully saturated rings. The van der Waals surface area contributed by atoms with Gasteiger partial charge in [0.15, 0.2) is 11.7 Å². The second kappa shape index (κ2) is 7.58. The van der Waals surface area contributed by atoms with E-state index in [9.17, 15) is 14.9 Å². The van der Waals surface area contributed by atoms with Crippen LogP contribution in [0.2, 0.25) is 0 Å². The number of likely N-dealkylation sites (tertiary alicyclic amines) is 1. The zero-order chi connectivity index (χ0) is 17.8. The molecule has 2 atom stereocenters. The minimum Gasteiger partial charge on any atom is -0.342 e. The molecule has 0 bridgehead atoms. The van der Waals surface area contributed by atoms with E-state index >= 15 is 0 Å². The molecular weight excluding hydrogens is 334 g/mol. The van der Waals surface area contributed by atoms with Gasteiger partial charge in [0, 0.05) is 36.5 Å². The maximum Gasteiger partial charge on any atom is 0.223 e. The van der Waals surface area contributed by atoms with Crippen LogP contribution in [0.5, 0.6) is 0 Å². The first kappa shape index (κ1) is 17.3. The van der Waals surface area contributed by atoms with Gasteiger partial charge in [0.2, 0.25) is 5.91 Å². The van der Waals surface area contributed by atoms with E-state index in [0.29, 0.717) is 18.1 Å². The molecule has 0 saturated carbocycles. The summed E-state index contributed by atoms with van der Waals surface area (Å²) in [7, 11) is 0. The van der Waals surface area contributed by atoms with Gasteiger partial charge < -0.3 is 4.90 Å². The standard InChI is InChI=1S/C19H19N3O2S/c1-13-12-25-19(21-13)16(10-20)18(24)15-9-17(23)22(11-15)8-7-14-5-3-2-4-6-14/h2-6,12,15-16H,7-9,11H2,1H3. The van der Waals surface area contributed by atoms with Gasteiger partial charge in [-0.15, -0.1) is 11.3 Å². The first-order valence-electron chi connectivity index (χ1n) is 8.25. The van der Waals surface area contributed by atoms with Crippen molar-refractivity contribution in [2.24, 2.45) is 5.92 Å². The average molecular weight is 353 g/mol. The number of carbonyl (C=O) groups excluding carboxylic acids is 2. The number of aromatic nitrogens is 1. The van der Waals surface area contributed by atoms with Crippen molar-refractivity contribution in [2.75, 3.05) is 13.1 Å². The number of benzene rings is 1. The van der Waals surface area contributed by atoms with Gasteiger partial charge in [-0.1, -0.05) is 30.3 Å². The zero-order valence-electron chi connectivity index (χ0n) is 14.0. The summed E-state index contributed by atoms with van der Waals surface area (Å²) in [5.74, 6) is -1.49. The van der Waals surface area contributed by atoms with Crippen molar-refractivity contribution in [2.45, 2.75) is 25.7 Å². The Labute approximate surface area is 150 Å². The molecule has 1 saturated heterocycles. The van der Waals surface area contributed by atoms with Crippen LogP contribution in [-0.2, 0) is 16.0 Å². The number of hydrogen-bond donors (Lipinski definition) is 0. The number of nitriles is 1. The third-order valence-corrected chi connectivity index (χ3v) is 5.45. The van der Waals surface area contributed by atoms with E-state index in [1.807, 2.05) is 42.6 Å². The highest BCUT2D eigenvalue weighted by atomic mass is 32.1. The Morgan fingerprint density at radius 3 is 2.84 bits per heavy atom. The van der Waals surface area contributed by atoms with Crippen molar-refractivity contribution in [3.05, 3.63) is 52.0 Å². The van der Waals surface area contributed by atoms with E-state index in [0.717, 1.165) is 12.1 Å². The summed E-state index contributed by atoms with van der Waals surface area (Å²) in [6.45, 7) is 2.83. The second-order valence-corrected chi connectivity index (χ2v) is 7.16. The van der Waals surface area contributed by atoms with Crippen molar-refractivity contribution in [1.29, 1.82) is 5.26 Å². The normalized spacial score (nSPS) is 18.2. The van der Waals surface area contributed by atoms with Gasteiger partial charge in [-0.3, -0.25) is 9.59 Å².